The molecular formula is C26H35N3O3. The summed E-state index contributed by atoms with van der Waals surface area (Å²) in [6.07, 6.45) is 4.23. The van der Waals surface area contributed by atoms with E-state index in [1.165, 1.54) is 0 Å². The van der Waals surface area contributed by atoms with Crippen LogP contribution < -0.4 is 0 Å². The summed E-state index contributed by atoms with van der Waals surface area (Å²) in [5.41, 5.74) is 3.97. The van der Waals surface area contributed by atoms with Crippen LogP contribution in [0.25, 0.3) is 11.0 Å². The van der Waals surface area contributed by atoms with E-state index < -0.39 is 5.97 Å². The van der Waals surface area contributed by atoms with Crippen LogP contribution in [0.2, 0.25) is 0 Å². The van der Waals surface area contributed by atoms with Crippen molar-refractivity contribution in [2.75, 3.05) is 0 Å². The molecule has 1 aromatic heterocycles. The van der Waals surface area contributed by atoms with Crippen LogP contribution in [0.15, 0.2) is 42.5 Å². The number of carboxylic acids is 1. The molecule has 0 amide bonds. The van der Waals surface area contributed by atoms with Gasteiger partial charge in [-0.25, -0.2) is 0 Å². The lowest BCUT2D eigenvalue weighted by molar-refractivity contribution is -0.136. The van der Waals surface area contributed by atoms with Crippen LogP contribution >= 0.6 is 0 Å². The third-order valence-corrected chi connectivity index (χ3v) is 6.44. The number of hydrogen-bond acceptors (Lipinski definition) is 4. The standard InChI is InChI=1S/C26H35N3O3/c1-5-21(29-27-23-8-6-7-9-24(23)28-29)17-20(26(2,3)4)13-10-19-16-22(30)14-11-18(19)12-15-25(31)32/h6-9,11,14,16,20-21,30H,5,10,12-13,15,17H2,1-4H3,(H,31,32). The largest absolute Gasteiger partial charge is 0.508 e. The highest BCUT2D eigenvalue weighted by Gasteiger charge is 2.28. The third-order valence-electron chi connectivity index (χ3n) is 6.44. The number of aliphatic carboxylic acids is 1. The van der Waals surface area contributed by atoms with E-state index in [9.17, 15) is 9.90 Å². The molecule has 32 heavy (non-hydrogen) atoms. The Morgan fingerprint density at radius 3 is 2.25 bits per heavy atom. The zero-order valence-corrected chi connectivity index (χ0v) is 19.6. The number of hydrogen-bond donors (Lipinski definition) is 2. The van der Waals surface area contributed by atoms with Crippen LogP contribution in [0.4, 0.5) is 0 Å². The van der Waals surface area contributed by atoms with Crippen LogP contribution in [0, 0.1) is 11.3 Å². The van der Waals surface area contributed by atoms with Gasteiger partial charge in [0.05, 0.1) is 6.04 Å². The van der Waals surface area contributed by atoms with Crippen LogP contribution in [0.5, 0.6) is 5.75 Å². The van der Waals surface area contributed by atoms with Gasteiger partial charge in [-0.3, -0.25) is 4.79 Å². The highest BCUT2D eigenvalue weighted by atomic mass is 16.4. The number of phenolic OH excluding ortho intramolecular Hbond substituents is 1. The van der Waals surface area contributed by atoms with Gasteiger partial charge in [0, 0.05) is 6.42 Å². The number of carbonyl (C=O) groups is 1. The number of nitrogens with zero attached hydrogens (tertiary/aromatic N) is 3. The zero-order chi connectivity index (χ0) is 23.3. The third kappa shape index (κ3) is 6.09. The van der Waals surface area contributed by atoms with Gasteiger partial charge in [0.1, 0.15) is 16.8 Å². The Bertz CT molecular complexity index is 1020. The number of carboxylic acid groups (broad SMARTS) is 1. The lowest BCUT2D eigenvalue weighted by atomic mass is 9.74. The summed E-state index contributed by atoms with van der Waals surface area (Å²) in [5.74, 6) is -0.164. The van der Waals surface area contributed by atoms with E-state index in [1.807, 2.05) is 35.1 Å². The maximum Gasteiger partial charge on any atom is 0.303 e. The number of aryl methyl sites for hydroxylation is 2. The van der Waals surface area contributed by atoms with E-state index in [0.29, 0.717) is 12.3 Å². The number of aromatic nitrogens is 3. The molecule has 0 spiro atoms. The molecular weight excluding hydrogens is 402 g/mol. The lowest BCUT2D eigenvalue weighted by Crippen LogP contribution is -2.26. The summed E-state index contributed by atoms with van der Waals surface area (Å²) >= 11 is 0. The number of phenols is 1. The number of benzene rings is 2. The summed E-state index contributed by atoms with van der Waals surface area (Å²) in [6.45, 7) is 8.99. The molecule has 2 unspecified atom stereocenters. The SMILES string of the molecule is CCC(CC(CCc1cc(O)ccc1CCC(=O)O)C(C)(C)C)n1nc2ccccc2n1. The van der Waals surface area contributed by atoms with Crippen molar-refractivity contribution in [1.29, 1.82) is 0 Å². The number of aromatic hydroxyl groups is 1. The van der Waals surface area contributed by atoms with E-state index in [2.05, 4.69) is 27.7 Å². The van der Waals surface area contributed by atoms with Crippen molar-refractivity contribution in [3.8, 4) is 5.75 Å². The Labute approximate surface area is 190 Å². The first kappa shape index (κ1) is 23.8. The van der Waals surface area contributed by atoms with Gasteiger partial charge in [-0.2, -0.15) is 15.0 Å². The Hall–Kier alpha value is -2.89. The molecule has 6 heteroatoms. The zero-order valence-electron chi connectivity index (χ0n) is 19.6. The van der Waals surface area contributed by atoms with E-state index in [4.69, 9.17) is 15.3 Å². The van der Waals surface area contributed by atoms with Gasteiger partial charge >= 0.3 is 5.97 Å². The molecule has 0 aliphatic rings. The van der Waals surface area contributed by atoms with Gasteiger partial charge in [-0.15, -0.1) is 0 Å². The maximum atomic E-state index is 11.0. The minimum atomic E-state index is -0.804. The fraction of sp³-hybridized carbons (Fsp3) is 0.500. The Kier molecular flexibility index (Phi) is 7.54. The first-order valence-electron chi connectivity index (χ1n) is 11.5. The predicted octanol–water partition coefficient (Wildman–Crippen LogP) is 5.79. The molecule has 2 atom stereocenters. The lowest BCUT2D eigenvalue weighted by Gasteiger charge is -2.33. The van der Waals surface area contributed by atoms with Gasteiger partial charge in [-0.05, 0) is 78.8 Å². The van der Waals surface area contributed by atoms with Crippen molar-refractivity contribution in [2.24, 2.45) is 11.3 Å². The van der Waals surface area contributed by atoms with Gasteiger partial charge < -0.3 is 10.2 Å². The molecule has 2 aromatic carbocycles. The van der Waals surface area contributed by atoms with E-state index in [-0.39, 0.29) is 23.6 Å². The highest BCUT2D eigenvalue weighted by Crippen LogP contribution is 2.37. The first-order valence-corrected chi connectivity index (χ1v) is 11.5. The van der Waals surface area contributed by atoms with Crippen molar-refractivity contribution in [3.05, 3.63) is 53.6 Å². The van der Waals surface area contributed by atoms with Crippen molar-refractivity contribution in [1.82, 2.24) is 15.0 Å². The molecule has 0 fully saturated rings. The topological polar surface area (TPSA) is 88.2 Å². The average Bonchev–Trinajstić information content (AvgIpc) is 3.16. The molecule has 0 saturated heterocycles. The summed E-state index contributed by atoms with van der Waals surface area (Å²) in [6, 6.07) is 13.4. The highest BCUT2D eigenvalue weighted by molar-refractivity contribution is 5.73. The summed E-state index contributed by atoms with van der Waals surface area (Å²) in [4.78, 5) is 12.9. The molecule has 0 aliphatic heterocycles. The second-order valence-corrected chi connectivity index (χ2v) is 9.76. The Morgan fingerprint density at radius 1 is 1.03 bits per heavy atom. The number of fused-ring (bicyclic) bond motifs is 1. The smallest absolute Gasteiger partial charge is 0.303 e. The van der Waals surface area contributed by atoms with Crippen LogP contribution in [-0.4, -0.2) is 31.2 Å². The minimum Gasteiger partial charge on any atom is -0.508 e. The molecule has 0 bridgehead atoms. The van der Waals surface area contributed by atoms with Crippen molar-refractivity contribution in [2.45, 2.75) is 72.3 Å². The van der Waals surface area contributed by atoms with Crippen LogP contribution in [0.1, 0.15) is 70.5 Å². The fourth-order valence-corrected chi connectivity index (χ4v) is 4.36. The van der Waals surface area contributed by atoms with E-state index in [1.54, 1.807) is 12.1 Å². The van der Waals surface area contributed by atoms with Crippen LogP contribution in [0.3, 0.4) is 0 Å². The Balaban J connectivity index is 1.77. The van der Waals surface area contributed by atoms with Gasteiger partial charge in [-0.1, -0.05) is 45.9 Å². The molecule has 1 heterocycles. The Morgan fingerprint density at radius 2 is 1.69 bits per heavy atom. The number of rotatable bonds is 10. The fourth-order valence-electron chi connectivity index (χ4n) is 4.36. The van der Waals surface area contributed by atoms with Gasteiger partial charge in [0.25, 0.3) is 0 Å². The molecule has 3 aromatic rings. The van der Waals surface area contributed by atoms with Gasteiger partial charge in [0.2, 0.25) is 0 Å². The predicted molar refractivity (Wildman–Crippen MR) is 127 cm³/mol. The first-order chi connectivity index (χ1) is 15.2. The second-order valence-electron chi connectivity index (χ2n) is 9.76. The van der Waals surface area contributed by atoms with Crippen molar-refractivity contribution in [3.63, 3.8) is 0 Å². The maximum absolute atomic E-state index is 11.0. The minimum absolute atomic E-state index is 0.0942. The molecule has 0 saturated carbocycles. The summed E-state index contributed by atoms with van der Waals surface area (Å²) < 4.78 is 0. The monoisotopic (exact) mass is 437 g/mol. The van der Waals surface area contributed by atoms with Crippen LogP contribution in [-0.2, 0) is 17.6 Å². The van der Waals surface area contributed by atoms with Gasteiger partial charge in [0.15, 0.2) is 0 Å². The summed E-state index contributed by atoms with van der Waals surface area (Å²) in [5, 5.41) is 28.5. The van der Waals surface area contributed by atoms with E-state index in [0.717, 1.165) is 47.8 Å². The normalized spacial score (nSPS) is 13.9. The average molecular weight is 438 g/mol. The quantitative estimate of drug-likeness (QED) is 0.419. The molecule has 0 aliphatic carbocycles. The molecule has 0 radical (unpaired) electrons. The van der Waals surface area contributed by atoms with E-state index >= 15 is 0 Å². The van der Waals surface area contributed by atoms with Crippen molar-refractivity contribution >= 4 is 17.0 Å². The molecule has 2 N–H and O–H groups in total. The molecule has 172 valence electrons. The van der Waals surface area contributed by atoms with Crippen molar-refractivity contribution < 1.29 is 15.0 Å². The molecule has 6 nitrogen and oxygen atoms in total. The molecule has 3 rings (SSSR count). The summed E-state index contributed by atoms with van der Waals surface area (Å²) in [7, 11) is 0. The second kappa shape index (κ2) is 10.2.